The predicted molar refractivity (Wildman–Crippen MR) is 83.9 cm³/mol. The van der Waals surface area contributed by atoms with Crippen LogP contribution < -0.4 is 12.4 Å². The SMILES string of the molecule is C=CC(CCCCCCCCCCC)[N+](C)(C)C.[Cl-]. The highest BCUT2D eigenvalue weighted by Crippen LogP contribution is 2.15. The summed E-state index contributed by atoms with van der Waals surface area (Å²) in [6, 6.07) is 0.620. The van der Waals surface area contributed by atoms with Gasteiger partial charge in [-0.1, -0.05) is 64.9 Å². The highest BCUT2D eigenvalue weighted by molar-refractivity contribution is 4.79. The normalized spacial score (nSPS) is 12.8. The van der Waals surface area contributed by atoms with E-state index in [-0.39, 0.29) is 12.4 Å². The van der Waals surface area contributed by atoms with Gasteiger partial charge in [-0.15, -0.1) is 0 Å². The molecule has 0 fully saturated rings. The van der Waals surface area contributed by atoms with Crippen molar-refractivity contribution in [3.8, 4) is 0 Å². The van der Waals surface area contributed by atoms with E-state index >= 15 is 0 Å². The second kappa shape index (κ2) is 13.0. The molecule has 116 valence electrons. The van der Waals surface area contributed by atoms with Crippen LogP contribution in [0.25, 0.3) is 0 Å². The summed E-state index contributed by atoms with van der Waals surface area (Å²) in [5.74, 6) is 0. The van der Waals surface area contributed by atoms with Crippen molar-refractivity contribution < 1.29 is 16.9 Å². The molecule has 0 radical (unpaired) electrons. The van der Waals surface area contributed by atoms with Gasteiger partial charge in [0, 0.05) is 6.42 Å². The van der Waals surface area contributed by atoms with E-state index in [1.807, 2.05) is 0 Å². The van der Waals surface area contributed by atoms with Crippen molar-refractivity contribution in [1.29, 1.82) is 0 Å². The van der Waals surface area contributed by atoms with Crippen LogP contribution in [0.5, 0.6) is 0 Å². The molecule has 0 aliphatic heterocycles. The van der Waals surface area contributed by atoms with Crippen molar-refractivity contribution in [2.24, 2.45) is 0 Å². The molecule has 0 aromatic rings. The first-order valence-corrected chi connectivity index (χ1v) is 7.96. The molecule has 0 rings (SSSR count). The van der Waals surface area contributed by atoms with Gasteiger partial charge in [-0.3, -0.25) is 0 Å². The van der Waals surface area contributed by atoms with Crippen molar-refractivity contribution in [2.45, 2.75) is 77.2 Å². The third-order valence-corrected chi connectivity index (χ3v) is 3.87. The zero-order valence-corrected chi connectivity index (χ0v) is 14.5. The maximum absolute atomic E-state index is 3.97. The van der Waals surface area contributed by atoms with Gasteiger partial charge in [-0.05, 0) is 12.5 Å². The Morgan fingerprint density at radius 1 is 0.842 bits per heavy atom. The third kappa shape index (κ3) is 12.8. The molecule has 0 N–H and O–H groups in total. The number of rotatable bonds is 12. The first-order valence-electron chi connectivity index (χ1n) is 7.96. The minimum Gasteiger partial charge on any atom is -1.00 e. The van der Waals surface area contributed by atoms with E-state index in [4.69, 9.17) is 0 Å². The van der Waals surface area contributed by atoms with Crippen molar-refractivity contribution in [3.63, 3.8) is 0 Å². The smallest absolute Gasteiger partial charge is 0.107 e. The van der Waals surface area contributed by atoms with E-state index in [0.29, 0.717) is 6.04 Å². The minimum atomic E-state index is 0. The number of likely N-dealkylation sites (N-methyl/N-ethyl adjacent to an activating group) is 1. The van der Waals surface area contributed by atoms with Crippen molar-refractivity contribution in [3.05, 3.63) is 12.7 Å². The molecule has 0 amide bonds. The monoisotopic (exact) mass is 289 g/mol. The minimum absolute atomic E-state index is 0. The molecular formula is C17H36ClN. The number of quaternary nitrogens is 1. The lowest BCUT2D eigenvalue weighted by atomic mass is 10.0. The topological polar surface area (TPSA) is 0 Å². The van der Waals surface area contributed by atoms with Crippen LogP contribution in [0.1, 0.15) is 71.1 Å². The van der Waals surface area contributed by atoms with E-state index in [9.17, 15) is 0 Å². The van der Waals surface area contributed by atoms with E-state index in [1.165, 1.54) is 64.2 Å². The Morgan fingerprint density at radius 2 is 1.26 bits per heavy atom. The fraction of sp³-hybridized carbons (Fsp3) is 0.882. The maximum atomic E-state index is 3.97. The number of halogens is 1. The van der Waals surface area contributed by atoms with E-state index in [1.54, 1.807) is 0 Å². The molecule has 0 saturated carbocycles. The average Bonchev–Trinajstić information content (AvgIpc) is 2.30. The molecule has 19 heavy (non-hydrogen) atoms. The lowest BCUT2D eigenvalue weighted by Crippen LogP contribution is -3.00. The predicted octanol–water partition coefficient (Wildman–Crippen LogP) is 2.17. The van der Waals surface area contributed by atoms with Crippen LogP contribution in [-0.4, -0.2) is 31.7 Å². The summed E-state index contributed by atoms with van der Waals surface area (Å²) in [6.07, 6.45) is 16.2. The summed E-state index contributed by atoms with van der Waals surface area (Å²) in [4.78, 5) is 0. The van der Waals surface area contributed by atoms with Crippen LogP contribution >= 0.6 is 0 Å². The molecule has 2 heteroatoms. The van der Waals surface area contributed by atoms with Gasteiger partial charge >= 0.3 is 0 Å². The summed E-state index contributed by atoms with van der Waals surface area (Å²) in [5, 5.41) is 0. The summed E-state index contributed by atoms with van der Waals surface area (Å²) in [5.41, 5.74) is 0. The van der Waals surface area contributed by atoms with Crippen LogP contribution in [0.2, 0.25) is 0 Å². The van der Waals surface area contributed by atoms with Gasteiger partial charge in [-0.25, -0.2) is 0 Å². The van der Waals surface area contributed by atoms with Crippen molar-refractivity contribution in [1.82, 2.24) is 0 Å². The number of nitrogens with zero attached hydrogens (tertiary/aromatic N) is 1. The molecule has 0 heterocycles. The third-order valence-electron chi connectivity index (χ3n) is 3.87. The largest absolute Gasteiger partial charge is 1.00 e. The lowest BCUT2D eigenvalue weighted by molar-refractivity contribution is -0.889. The molecule has 0 aromatic carbocycles. The van der Waals surface area contributed by atoms with E-state index < -0.39 is 0 Å². The molecule has 0 bridgehead atoms. The quantitative estimate of drug-likeness (QED) is 0.293. The zero-order chi connectivity index (χ0) is 13.9. The van der Waals surface area contributed by atoms with E-state index in [2.05, 4.69) is 40.7 Å². The fourth-order valence-corrected chi connectivity index (χ4v) is 2.49. The Balaban J connectivity index is 0. The van der Waals surface area contributed by atoms with Crippen molar-refractivity contribution >= 4 is 0 Å². The average molecular weight is 290 g/mol. The Bertz CT molecular complexity index is 196. The summed E-state index contributed by atoms with van der Waals surface area (Å²) >= 11 is 0. The van der Waals surface area contributed by atoms with Gasteiger partial charge in [0.2, 0.25) is 0 Å². The lowest BCUT2D eigenvalue weighted by Gasteiger charge is -2.32. The molecule has 0 aliphatic rings. The molecule has 0 saturated heterocycles. The van der Waals surface area contributed by atoms with Gasteiger partial charge in [-0.2, -0.15) is 0 Å². The summed E-state index contributed by atoms with van der Waals surface area (Å²) in [6.45, 7) is 6.25. The van der Waals surface area contributed by atoms with Crippen LogP contribution in [0, 0.1) is 0 Å². The first kappa shape index (κ1) is 21.3. The van der Waals surface area contributed by atoms with Gasteiger partial charge in [0.25, 0.3) is 0 Å². The molecular weight excluding hydrogens is 254 g/mol. The van der Waals surface area contributed by atoms with Gasteiger partial charge in [0.15, 0.2) is 0 Å². The molecule has 0 aliphatic carbocycles. The second-order valence-corrected chi connectivity index (χ2v) is 6.54. The molecule has 1 nitrogen and oxygen atoms in total. The van der Waals surface area contributed by atoms with Gasteiger partial charge in [0.05, 0.1) is 21.1 Å². The maximum Gasteiger partial charge on any atom is 0.107 e. The summed E-state index contributed by atoms with van der Waals surface area (Å²) in [7, 11) is 6.79. The van der Waals surface area contributed by atoms with Crippen LogP contribution in [0.15, 0.2) is 12.7 Å². The summed E-state index contributed by atoms with van der Waals surface area (Å²) < 4.78 is 1.01. The first-order chi connectivity index (χ1) is 8.52. The van der Waals surface area contributed by atoms with Crippen LogP contribution in [-0.2, 0) is 0 Å². The van der Waals surface area contributed by atoms with Gasteiger partial charge in [0.1, 0.15) is 6.04 Å². The molecule has 0 aromatic heterocycles. The highest BCUT2D eigenvalue weighted by Gasteiger charge is 2.18. The Hall–Kier alpha value is -0.0100. The van der Waals surface area contributed by atoms with Crippen LogP contribution in [0.4, 0.5) is 0 Å². The molecule has 1 unspecified atom stereocenters. The van der Waals surface area contributed by atoms with Crippen molar-refractivity contribution in [2.75, 3.05) is 21.1 Å². The highest BCUT2D eigenvalue weighted by atomic mass is 35.5. The van der Waals surface area contributed by atoms with Gasteiger partial charge < -0.3 is 16.9 Å². The Morgan fingerprint density at radius 3 is 1.63 bits per heavy atom. The van der Waals surface area contributed by atoms with E-state index in [0.717, 1.165) is 4.48 Å². The fourth-order valence-electron chi connectivity index (χ4n) is 2.49. The zero-order valence-electron chi connectivity index (χ0n) is 13.8. The number of hydrogen-bond donors (Lipinski definition) is 0. The molecule has 0 spiro atoms. The molecule has 1 atom stereocenters. The standard InChI is InChI=1S/C17H36N.ClH/c1-6-8-9-10-11-12-13-14-15-16-17(7-2)18(3,4)5;/h7,17H,2,6,8-16H2,1,3-5H3;1H/q+1;/p-1. The number of hydrogen-bond acceptors (Lipinski definition) is 0. The Labute approximate surface area is 128 Å². The second-order valence-electron chi connectivity index (χ2n) is 6.54. The Kier molecular flexibility index (Phi) is 14.6. The van der Waals surface area contributed by atoms with Crippen LogP contribution in [0.3, 0.4) is 0 Å². The number of unbranched alkanes of at least 4 members (excludes halogenated alkanes) is 8.